The normalized spacial score (nSPS) is 10.7. The number of thioether (sulfide) groups is 1. The van der Waals surface area contributed by atoms with Gasteiger partial charge in [-0.2, -0.15) is 0 Å². The lowest BCUT2D eigenvalue weighted by Crippen LogP contribution is -2.25. The van der Waals surface area contributed by atoms with Crippen LogP contribution in [-0.2, 0) is 0 Å². The highest BCUT2D eigenvalue weighted by Crippen LogP contribution is 2.19. The molecule has 0 saturated carbocycles. The van der Waals surface area contributed by atoms with Crippen molar-refractivity contribution in [3.8, 4) is 0 Å². The van der Waals surface area contributed by atoms with Gasteiger partial charge in [0.1, 0.15) is 5.56 Å². The van der Waals surface area contributed by atoms with Crippen LogP contribution >= 0.6 is 23.1 Å². The van der Waals surface area contributed by atoms with Gasteiger partial charge in [-0.05, 0) is 24.5 Å². The number of rotatable bonds is 3. The van der Waals surface area contributed by atoms with Gasteiger partial charge in [-0.25, -0.2) is 4.98 Å². The van der Waals surface area contributed by atoms with Crippen LogP contribution in [0.2, 0.25) is 0 Å². The van der Waals surface area contributed by atoms with Crippen molar-refractivity contribution in [2.24, 2.45) is 0 Å². The number of benzene rings is 1. The number of nitrogens with one attached hydrogen (secondary N) is 1. The molecule has 0 radical (unpaired) electrons. The number of hydrogen-bond acceptors (Lipinski definition) is 5. The number of fused-ring (bicyclic) bond motifs is 1. The summed E-state index contributed by atoms with van der Waals surface area (Å²) in [6, 6.07) is 7.45. The molecule has 0 aliphatic heterocycles. The van der Waals surface area contributed by atoms with Gasteiger partial charge in [0.25, 0.3) is 11.5 Å². The van der Waals surface area contributed by atoms with E-state index in [0.717, 1.165) is 4.90 Å². The second-order valence-corrected chi connectivity index (χ2v) is 5.97. The molecule has 3 aromatic rings. The maximum atomic E-state index is 12.2. The third-order valence-electron chi connectivity index (χ3n) is 2.91. The smallest absolute Gasteiger partial charge is 0.271 e. The Bertz CT molecular complexity index is 870. The van der Waals surface area contributed by atoms with E-state index in [1.165, 1.54) is 21.9 Å². The molecule has 0 bridgehead atoms. The van der Waals surface area contributed by atoms with Crippen LogP contribution in [0.4, 0.5) is 5.69 Å². The summed E-state index contributed by atoms with van der Waals surface area (Å²) in [6.45, 7) is 0. The van der Waals surface area contributed by atoms with Gasteiger partial charge in [-0.3, -0.25) is 14.0 Å². The Morgan fingerprint density at radius 3 is 3.10 bits per heavy atom. The molecule has 5 nitrogen and oxygen atoms in total. The van der Waals surface area contributed by atoms with E-state index in [1.807, 2.05) is 24.5 Å². The molecular formula is C14H11N3O2S2. The van der Waals surface area contributed by atoms with Crippen molar-refractivity contribution in [1.82, 2.24) is 9.38 Å². The number of amides is 1. The molecule has 1 N–H and O–H groups in total. The lowest BCUT2D eigenvalue weighted by Gasteiger charge is -2.06. The minimum Gasteiger partial charge on any atom is -0.322 e. The van der Waals surface area contributed by atoms with E-state index < -0.39 is 5.91 Å². The maximum absolute atomic E-state index is 12.2. The van der Waals surface area contributed by atoms with Crippen LogP contribution in [0.5, 0.6) is 0 Å². The minimum absolute atomic E-state index is 0.0282. The Kier molecular flexibility index (Phi) is 3.76. The first kappa shape index (κ1) is 13.8. The largest absolute Gasteiger partial charge is 0.322 e. The predicted octanol–water partition coefficient (Wildman–Crippen LogP) is 2.73. The molecule has 0 aliphatic rings. The third kappa shape index (κ3) is 2.70. The van der Waals surface area contributed by atoms with Crippen LogP contribution in [-0.4, -0.2) is 21.5 Å². The Morgan fingerprint density at radius 2 is 2.29 bits per heavy atom. The van der Waals surface area contributed by atoms with Crippen LogP contribution in [0.3, 0.4) is 0 Å². The minimum atomic E-state index is -0.452. The summed E-state index contributed by atoms with van der Waals surface area (Å²) >= 11 is 2.93. The molecular weight excluding hydrogens is 306 g/mol. The third-order valence-corrected chi connectivity index (χ3v) is 4.41. The fourth-order valence-electron chi connectivity index (χ4n) is 1.88. The van der Waals surface area contributed by atoms with E-state index in [1.54, 1.807) is 29.4 Å². The summed E-state index contributed by atoms with van der Waals surface area (Å²) < 4.78 is 1.37. The number of carbonyl (C=O) groups excluding carboxylic acids is 1. The second kappa shape index (κ2) is 5.71. The Balaban J connectivity index is 1.93. The van der Waals surface area contributed by atoms with E-state index in [2.05, 4.69) is 10.3 Å². The molecule has 0 atom stereocenters. The number of hydrogen-bond donors (Lipinski definition) is 1. The van der Waals surface area contributed by atoms with Crippen molar-refractivity contribution in [3.05, 3.63) is 58.0 Å². The van der Waals surface area contributed by atoms with E-state index in [4.69, 9.17) is 0 Å². The monoisotopic (exact) mass is 317 g/mol. The van der Waals surface area contributed by atoms with Crippen LogP contribution in [0.1, 0.15) is 10.4 Å². The van der Waals surface area contributed by atoms with E-state index in [0.29, 0.717) is 10.6 Å². The number of thiazole rings is 1. The van der Waals surface area contributed by atoms with Crippen LogP contribution in [0, 0.1) is 0 Å². The number of anilines is 1. The molecule has 2 heterocycles. The maximum Gasteiger partial charge on any atom is 0.271 e. The van der Waals surface area contributed by atoms with Gasteiger partial charge in [-0.1, -0.05) is 6.07 Å². The van der Waals surface area contributed by atoms with Gasteiger partial charge in [-0.15, -0.1) is 23.1 Å². The van der Waals surface area contributed by atoms with Crippen LogP contribution in [0.25, 0.3) is 4.96 Å². The molecule has 1 amide bonds. The van der Waals surface area contributed by atoms with Gasteiger partial charge in [0.2, 0.25) is 0 Å². The summed E-state index contributed by atoms with van der Waals surface area (Å²) in [5.74, 6) is -0.452. The topological polar surface area (TPSA) is 63.5 Å². The Labute approximate surface area is 128 Å². The molecule has 21 heavy (non-hydrogen) atoms. The molecule has 3 rings (SSSR count). The van der Waals surface area contributed by atoms with Crippen molar-refractivity contribution in [2.75, 3.05) is 11.6 Å². The number of carbonyl (C=O) groups is 1. The predicted molar refractivity (Wildman–Crippen MR) is 85.5 cm³/mol. The van der Waals surface area contributed by atoms with Crippen molar-refractivity contribution in [1.29, 1.82) is 0 Å². The lowest BCUT2D eigenvalue weighted by molar-refractivity contribution is 0.102. The average molecular weight is 317 g/mol. The average Bonchev–Trinajstić information content (AvgIpc) is 2.97. The van der Waals surface area contributed by atoms with Gasteiger partial charge < -0.3 is 5.32 Å². The fourth-order valence-corrected chi connectivity index (χ4v) is 3.01. The fraction of sp³-hybridized carbons (Fsp3) is 0.0714. The molecule has 0 spiro atoms. The van der Waals surface area contributed by atoms with Crippen LogP contribution < -0.4 is 10.9 Å². The standard InChI is InChI=1S/C14H11N3O2S2/c1-20-10-4-2-3-9(7-10)16-12(18)11-8-15-14-17(13(11)19)5-6-21-14/h2-8H,1H3,(H,16,18). The molecule has 2 aromatic heterocycles. The summed E-state index contributed by atoms with van der Waals surface area (Å²) in [4.78, 5) is 30.2. The summed E-state index contributed by atoms with van der Waals surface area (Å²) in [5, 5.41) is 4.49. The molecule has 0 aliphatic carbocycles. The lowest BCUT2D eigenvalue weighted by atomic mass is 10.2. The number of nitrogens with zero attached hydrogens (tertiary/aromatic N) is 2. The molecule has 7 heteroatoms. The number of aromatic nitrogens is 2. The van der Waals surface area contributed by atoms with E-state index in [-0.39, 0.29) is 11.1 Å². The Hall–Kier alpha value is -2.12. The first-order chi connectivity index (χ1) is 10.2. The van der Waals surface area contributed by atoms with Gasteiger partial charge >= 0.3 is 0 Å². The highest BCUT2D eigenvalue weighted by Gasteiger charge is 2.14. The first-order valence-corrected chi connectivity index (χ1v) is 8.20. The van der Waals surface area contributed by atoms with Gasteiger partial charge in [0.05, 0.1) is 0 Å². The first-order valence-electron chi connectivity index (χ1n) is 6.09. The van der Waals surface area contributed by atoms with E-state index in [9.17, 15) is 9.59 Å². The highest BCUT2D eigenvalue weighted by atomic mass is 32.2. The zero-order valence-corrected chi connectivity index (χ0v) is 12.7. The van der Waals surface area contributed by atoms with Crippen molar-refractivity contribution in [2.45, 2.75) is 4.90 Å². The van der Waals surface area contributed by atoms with Crippen molar-refractivity contribution < 1.29 is 4.79 Å². The molecule has 0 unspecified atom stereocenters. The van der Waals surface area contributed by atoms with Crippen molar-refractivity contribution >= 4 is 39.7 Å². The van der Waals surface area contributed by atoms with Gasteiger partial charge in [0, 0.05) is 28.4 Å². The SMILES string of the molecule is CSc1cccc(NC(=O)c2cnc3sccn3c2=O)c1. The molecule has 0 saturated heterocycles. The zero-order valence-electron chi connectivity index (χ0n) is 11.1. The molecule has 0 fully saturated rings. The van der Waals surface area contributed by atoms with Crippen LogP contribution in [0.15, 0.2) is 51.7 Å². The van der Waals surface area contributed by atoms with E-state index >= 15 is 0 Å². The zero-order chi connectivity index (χ0) is 14.8. The van der Waals surface area contributed by atoms with Gasteiger partial charge in [0.15, 0.2) is 4.96 Å². The molecule has 1 aromatic carbocycles. The summed E-state index contributed by atoms with van der Waals surface area (Å²) in [6.07, 6.45) is 4.89. The Morgan fingerprint density at radius 1 is 1.43 bits per heavy atom. The summed E-state index contributed by atoms with van der Waals surface area (Å²) in [7, 11) is 0. The molecule has 106 valence electrons. The highest BCUT2D eigenvalue weighted by molar-refractivity contribution is 7.98. The second-order valence-electron chi connectivity index (χ2n) is 4.22. The quantitative estimate of drug-likeness (QED) is 0.755. The summed E-state index contributed by atoms with van der Waals surface area (Å²) in [5.41, 5.74) is 0.321. The van der Waals surface area contributed by atoms with Crippen molar-refractivity contribution in [3.63, 3.8) is 0 Å².